The second kappa shape index (κ2) is 31.3. The van der Waals surface area contributed by atoms with Gasteiger partial charge in [-0.1, -0.05) is 207 Å². The molecule has 6 aromatic rings. The van der Waals surface area contributed by atoms with E-state index in [2.05, 4.69) is 90.1 Å². The molecule has 0 aliphatic heterocycles. The quantitative estimate of drug-likeness (QED) is 0.0367. The monoisotopic (exact) mass is 1220 g/mol. The Labute approximate surface area is 522 Å². The van der Waals surface area contributed by atoms with Crippen molar-refractivity contribution in [2.75, 3.05) is 0 Å². The van der Waals surface area contributed by atoms with Gasteiger partial charge in [0, 0.05) is 69.7 Å². The molecular weight excluding hydrogens is 1110 g/mol. The standard InChI is InChI=1S/C74H106O2S6/c1-7-11-15-19-21-23-25-29-33-51(31-27-17-13-9-3)40-53-56-43-60-58(45-62(74(60)76)67-47-71-72(81-67)48-69(82-71)65-38-37-64(79-65)63-36-35-49(5)77-63)54(41-52(32-28-18-14-10-4)34-30-26-24-22-20-16-12-8-2)55(56)42-59-57(53)44-61(73(59)75)66-46-70-68(80-66)39-50(6)78-70/h35-39,46-48,51-62H,7-34,40-45H2,1-6H3. The average molecular weight is 1220 g/mol. The van der Waals surface area contributed by atoms with Crippen LogP contribution in [0.1, 0.15) is 277 Å². The predicted molar refractivity (Wildman–Crippen MR) is 366 cm³/mol. The third kappa shape index (κ3) is 15.7. The Balaban J connectivity index is 0.961. The van der Waals surface area contributed by atoms with E-state index in [0.29, 0.717) is 47.1 Å². The minimum atomic E-state index is 0.0189. The Kier molecular flexibility index (Phi) is 24.1. The van der Waals surface area contributed by atoms with Crippen molar-refractivity contribution in [1.82, 2.24) is 0 Å². The minimum absolute atomic E-state index is 0.0189. The topological polar surface area (TPSA) is 34.1 Å². The van der Waals surface area contributed by atoms with Crippen molar-refractivity contribution < 1.29 is 9.59 Å². The Morgan fingerprint density at radius 3 is 1.17 bits per heavy atom. The molecule has 0 spiro atoms. The van der Waals surface area contributed by atoms with Crippen LogP contribution in [-0.2, 0) is 9.59 Å². The normalized spacial score (nSPS) is 25.2. The molecule has 4 aliphatic rings. The molecule has 0 radical (unpaired) electrons. The Morgan fingerprint density at radius 2 is 0.744 bits per heavy atom. The van der Waals surface area contributed by atoms with Crippen molar-refractivity contribution in [2.45, 2.75) is 272 Å². The number of fused-ring (bicyclic) bond motifs is 5. The molecule has 10 rings (SSSR count). The van der Waals surface area contributed by atoms with Gasteiger partial charge in [-0.15, -0.1) is 68.0 Å². The molecule has 8 heteroatoms. The predicted octanol–water partition coefficient (Wildman–Crippen LogP) is 25.9. The summed E-state index contributed by atoms with van der Waals surface area (Å²) >= 11 is 11.6. The van der Waals surface area contributed by atoms with Crippen LogP contribution in [0.15, 0.2) is 48.5 Å². The van der Waals surface area contributed by atoms with Gasteiger partial charge in [0.25, 0.3) is 0 Å². The molecule has 82 heavy (non-hydrogen) atoms. The number of aryl methyl sites for hydroxylation is 2. The fourth-order valence-electron chi connectivity index (χ4n) is 17.2. The number of ketones is 2. The van der Waals surface area contributed by atoms with E-state index in [9.17, 15) is 0 Å². The summed E-state index contributed by atoms with van der Waals surface area (Å²) in [4.78, 5) is 42.4. The molecule has 12 unspecified atom stereocenters. The van der Waals surface area contributed by atoms with Crippen LogP contribution in [0.25, 0.3) is 38.3 Å². The zero-order valence-electron chi connectivity index (χ0n) is 51.9. The highest BCUT2D eigenvalue weighted by Gasteiger charge is 2.61. The number of hydrogen-bond donors (Lipinski definition) is 0. The van der Waals surface area contributed by atoms with Gasteiger partial charge in [0.15, 0.2) is 0 Å². The number of carbonyl (C=O) groups is 2. The van der Waals surface area contributed by atoms with Gasteiger partial charge in [0.05, 0.1) is 11.8 Å². The molecule has 12 atom stereocenters. The number of carbonyl (C=O) groups excluding carboxylic acids is 2. The molecule has 2 nitrogen and oxygen atoms in total. The van der Waals surface area contributed by atoms with Crippen LogP contribution in [-0.4, -0.2) is 11.6 Å². The first kappa shape index (κ1) is 63.1. The van der Waals surface area contributed by atoms with Crippen LogP contribution >= 0.6 is 68.0 Å². The number of hydrogen-bond acceptors (Lipinski definition) is 8. The maximum atomic E-state index is 15.8. The lowest BCUT2D eigenvalue weighted by atomic mass is 9.49. The van der Waals surface area contributed by atoms with E-state index < -0.39 is 0 Å². The first-order chi connectivity index (χ1) is 40.1. The summed E-state index contributed by atoms with van der Waals surface area (Å²) in [5.41, 5.74) is 0. The van der Waals surface area contributed by atoms with Crippen LogP contribution in [0, 0.1) is 73.0 Å². The maximum absolute atomic E-state index is 15.8. The summed E-state index contributed by atoms with van der Waals surface area (Å²) in [5.74, 6) is 6.16. The lowest BCUT2D eigenvalue weighted by molar-refractivity contribution is -0.134. The molecule has 4 aliphatic carbocycles. The molecule has 4 fully saturated rings. The molecule has 0 saturated heterocycles. The third-order valence-corrected chi connectivity index (χ3v) is 28.6. The molecular formula is C74H106O2S6. The van der Waals surface area contributed by atoms with Crippen LogP contribution in [0.4, 0.5) is 0 Å². The Bertz CT molecular complexity index is 2820. The third-order valence-electron chi connectivity index (χ3n) is 21.4. The smallest absolute Gasteiger partial charge is 0.144 e. The number of thiophene rings is 6. The summed E-state index contributed by atoms with van der Waals surface area (Å²) in [7, 11) is 0. The SMILES string of the molecule is CCCCCCCCCCC(CCCCCC)CC1C2CC(c3cc4sc(C)cc4s3)C(=O)C2CC2C(CC(CCCCCC)CCCCCCCCCC)C3CC(c4cc5sc(-c6ccc(-c7ccc(C)s7)s6)cc5s4)C(=O)C3CC12. The molecule has 0 bridgehead atoms. The zero-order chi connectivity index (χ0) is 57.0. The van der Waals surface area contributed by atoms with Gasteiger partial charge in [-0.2, -0.15) is 0 Å². The second-order valence-electron chi connectivity index (χ2n) is 27.3. The fraction of sp³-hybridized carbons (Fsp3) is 0.703. The van der Waals surface area contributed by atoms with E-state index in [1.165, 1.54) is 250 Å². The molecule has 0 aromatic carbocycles. The number of rotatable bonds is 36. The highest BCUT2D eigenvalue weighted by molar-refractivity contribution is 7.32. The van der Waals surface area contributed by atoms with E-state index in [1.807, 2.05) is 68.0 Å². The summed E-state index contributed by atoms with van der Waals surface area (Å²) in [5, 5.41) is 0. The van der Waals surface area contributed by atoms with Gasteiger partial charge >= 0.3 is 0 Å². The van der Waals surface area contributed by atoms with Gasteiger partial charge in [0.1, 0.15) is 11.6 Å². The maximum Gasteiger partial charge on any atom is 0.144 e. The van der Waals surface area contributed by atoms with Gasteiger partial charge in [-0.25, -0.2) is 0 Å². The summed E-state index contributed by atoms with van der Waals surface area (Å²) in [6.07, 6.45) is 45.0. The highest BCUT2D eigenvalue weighted by Crippen LogP contribution is 2.65. The molecule has 0 amide bonds. The van der Waals surface area contributed by atoms with Gasteiger partial charge in [0.2, 0.25) is 0 Å². The van der Waals surface area contributed by atoms with Crippen molar-refractivity contribution in [3.05, 3.63) is 68.0 Å². The fourth-order valence-corrected chi connectivity index (χ4v) is 24.2. The van der Waals surface area contributed by atoms with Crippen molar-refractivity contribution in [3.8, 4) is 19.5 Å². The van der Waals surface area contributed by atoms with Crippen LogP contribution in [0.3, 0.4) is 0 Å². The Morgan fingerprint density at radius 1 is 0.366 bits per heavy atom. The zero-order valence-corrected chi connectivity index (χ0v) is 56.8. The Hall–Kier alpha value is -1.94. The van der Waals surface area contributed by atoms with Crippen molar-refractivity contribution in [2.24, 2.45) is 59.2 Å². The molecule has 4 saturated carbocycles. The number of unbranched alkanes of at least 4 members (excludes halogenated alkanes) is 20. The second-order valence-corrected chi connectivity index (χ2v) is 34.2. The molecule has 450 valence electrons. The first-order valence-electron chi connectivity index (χ1n) is 34.4. The first-order valence-corrected chi connectivity index (χ1v) is 39.3. The van der Waals surface area contributed by atoms with Crippen molar-refractivity contribution in [3.63, 3.8) is 0 Å². The molecule has 6 aromatic heterocycles. The van der Waals surface area contributed by atoms with E-state index in [-0.39, 0.29) is 23.7 Å². The molecule has 0 N–H and O–H groups in total. The van der Waals surface area contributed by atoms with Crippen LogP contribution < -0.4 is 0 Å². The van der Waals surface area contributed by atoms with Gasteiger partial charge in [-0.05, 0) is 148 Å². The largest absolute Gasteiger partial charge is 0.299 e. The van der Waals surface area contributed by atoms with Gasteiger partial charge in [-0.3, -0.25) is 9.59 Å². The summed E-state index contributed by atoms with van der Waals surface area (Å²) in [6.45, 7) is 13.8. The van der Waals surface area contributed by atoms with Crippen molar-refractivity contribution >= 4 is 98.4 Å². The summed E-state index contributed by atoms with van der Waals surface area (Å²) < 4.78 is 5.51. The van der Waals surface area contributed by atoms with Crippen molar-refractivity contribution in [1.29, 1.82) is 0 Å². The number of Topliss-reactive ketones (excluding diaryl/α,β-unsaturated/α-hetero) is 2. The van der Waals surface area contributed by atoms with E-state index in [1.54, 1.807) is 0 Å². The van der Waals surface area contributed by atoms with E-state index in [4.69, 9.17) is 0 Å². The van der Waals surface area contributed by atoms with E-state index >= 15 is 9.59 Å². The minimum Gasteiger partial charge on any atom is -0.299 e. The van der Waals surface area contributed by atoms with Crippen LogP contribution in [0.5, 0.6) is 0 Å². The lowest BCUT2D eigenvalue weighted by Gasteiger charge is -2.55. The van der Waals surface area contributed by atoms with Crippen LogP contribution in [0.2, 0.25) is 0 Å². The van der Waals surface area contributed by atoms with E-state index in [0.717, 1.165) is 37.5 Å². The highest BCUT2D eigenvalue weighted by atomic mass is 32.1. The average Bonchev–Trinajstić information content (AvgIpc) is 2.26. The molecule has 6 heterocycles. The lowest BCUT2D eigenvalue weighted by Crippen LogP contribution is -2.50. The van der Waals surface area contributed by atoms with Gasteiger partial charge < -0.3 is 0 Å². The summed E-state index contributed by atoms with van der Waals surface area (Å²) in [6, 6.07) is 18.9.